The van der Waals surface area contributed by atoms with Crippen LogP contribution in [0.25, 0.3) is 11.1 Å². The quantitative estimate of drug-likeness (QED) is 0.636. The largest absolute Gasteiger partial charge is 0.330 e. The van der Waals surface area contributed by atoms with E-state index >= 15 is 0 Å². The number of carbonyl (C=O) groups is 1. The molecule has 1 aliphatic heterocycles. The van der Waals surface area contributed by atoms with Crippen LogP contribution in [0.3, 0.4) is 0 Å². The van der Waals surface area contributed by atoms with Crippen molar-refractivity contribution in [2.45, 2.75) is 46.1 Å². The molecule has 0 spiro atoms. The van der Waals surface area contributed by atoms with E-state index in [1.54, 1.807) is 17.5 Å². The first-order chi connectivity index (χ1) is 13.5. The molecule has 0 unspecified atom stereocenters. The molecule has 0 N–H and O–H groups in total. The Morgan fingerprint density at radius 1 is 1.18 bits per heavy atom. The number of hydrogen-bond acceptors (Lipinski definition) is 5. The van der Waals surface area contributed by atoms with Crippen molar-refractivity contribution >= 4 is 17.2 Å². The zero-order valence-electron chi connectivity index (χ0n) is 16.5. The molecule has 3 aromatic heterocycles. The monoisotopic (exact) mass is 392 g/mol. The van der Waals surface area contributed by atoms with E-state index in [0.717, 1.165) is 64.5 Å². The third-order valence-corrected chi connectivity index (χ3v) is 6.17. The van der Waals surface area contributed by atoms with Crippen molar-refractivity contribution in [1.82, 2.24) is 19.9 Å². The molecule has 4 rings (SSSR count). The summed E-state index contributed by atoms with van der Waals surface area (Å²) < 4.78 is 0. The third-order valence-electron chi connectivity index (χ3n) is 5.31. The maximum Gasteiger partial charge on any atom is 0.255 e. The van der Waals surface area contributed by atoms with Crippen LogP contribution in [0, 0.1) is 20.8 Å². The Hall–Kier alpha value is -2.60. The molecule has 1 aliphatic rings. The van der Waals surface area contributed by atoms with E-state index in [1.165, 1.54) is 0 Å². The predicted molar refractivity (Wildman–Crippen MR) is 111 cm³/mol. The van der Waals surface area contributed by atoms with Gasteiger partial charge in [0.25, 0.3) is 5.91 Å². The summed E-state index contributed by atoms with van der Waals surface area (Å²) in [6, 6.07) is 3.95. The molecule has 1 atom stereocenters. The molecule has 1 fully saturated rings. The molecule has 1 amide bonds. The number of hydrogen-bond donors (Lipinski definition) is 0. The highest BCUT2D eigenvalue weighted by atomic mass is 32.1. The van der Waals surface area contributed by atoms with Crippen molar-refractivity contribution in [2.24, 2.45) is 0 Å². The number of likely N-dealkylation sites (tertiary alicyclic amines) is 1. The number of rotatable bonds is 3. The molecular weight excluding hydrogens is 368 g/mol. The molecule has 0 radical (unpaired) electrons. The van der Waals surface area contributed by atoms with Crippen molar-refractivity contribution in [1.29, 1.82) is 0 Å². The van der Waals surface area contributed by atoms with Gasteiger partial charge in [-0.25, -0.2) is 9.97 Å². The molecule has 28 heavy (non-hydrogen) atoms. The molecule has 5 nitrogen and oxygen atoms in total. The van der Waals surface area contributed by atoms with Gasteiger partial charge in [-0.1, -0.05) is 0 Å². The zero-order valence-corrected chi connectivity index (χ0v) is 17.3. The van der Waals surface area contributed by atoms with E-state index in [1.807, 2.05) is 55.6 Å². The molecule has 0 aliphatic carbocycles. The topological polar surface area (TPSA) is 59.0 Å². The maximum atomic E-state index is 13.3. The van der Waals surface area contributed by atoms with E-state index in [9.17, 15) is 4.79 Å². The van der Waals surface area contributed by atoms with Gasteiger partial charge in [0.05, 0.1) is 17.3 Å². The van der Waals surface area contributed by atoms with Crippen LogP contribution in [-0.2, 0) is 0 Å². The summed E-state index contributed by atoms with van der Waals surface area (Å²) in [6.07, 6.45) is 8.59. The fraction of sp³-hybridized carbons (Fsp3) is 0.364. The Morgan fingerprint density at radius 2 is 2.04 bits per heavy atom. The van der Waals surface area contributed by atoms with Gasteiger partial charge in [-0.3, -0.25) is 9.78 Å². The number of aromatic nitrogens is 3. The normalized spacial score (nSPS) is 17.0. The van der Waals surface area contributed by atoms with Gasteiger partial charge in [0.15, 0.2) is 0 Å². The fourth-order valence-electron chi connectivity index (χ4n) is 3.90. The summed E-state index contributed by atoms with van der Waals surface area (Å²) in [5.41, 5.74) is 4.88. The first kappa shape index (κ1) is 18.7. The van der Waals surface area contributed by atoms with Gasteiger partial charge in [-0.05, 0) is 63.3 Å². The Bertz CT molecular complexity index is 1010. The van der Waals surface area contributed by atoms with Gasteiger partial charge >= 0.3 is 0 Å². The van der Waals surface area contributed by atoms with E-state index in [2.05, 4.69) is 9.97 Å². The summed E-state index contributed by atoms with van der Waals surface area (Å²) in [4.78, 5) is 29.9. The molecule has 0 aromatic carbocycles. The lowest BCUT2D eigenvalue weighted by atomic mass is 9.92. The smallest absolute Gasteiger partial charge is 0.255 e. The van der Waals surface area contributed by atoms with Crippen LogP contribution in [0.4, 0.5) is 0 Å². The SMILES string of the molecule is Cc1ncc(-c2ccncc2C)c([C@@H]2CCCCN2C(=O)c2csc(C)c2)n1. The summed E-state index contributed by atoms with van der Waals surface area (Å²) in [5.74, 6) is 0.831. The summed E-state index contributed by atoms with van der Waals surface area (Å²) in [7, 11) is 0. The molecule has 3 aromatic rings. The minimum Gasteiger partial charge on any atom is -0.330 e. The first-order valence-electron chi connectivity index (χ1n) is 9.65. The molecule has 6 heteroatoms. The highest BCUT2D eigenvalue weighted by Gasteiger charge is 2.32. The van der Waals surface area contributed by atoms with Gasteiger partial charge in [0.2, 0.25) is 0 Å². The van der Waals surface area contributed by atoms with E-state index < -0.39 is 0 Å². The summed E-state index contributed by atoms with van der Waals surface area (Å²) >= 11 is 1.62. The van der Waals surface area contributed by atoms with Crippen LogP contribution < -0.4 is 0 Å². The highest BCUT2D eigenvalue weighted by Crippen LogP contribution is 2.37. The second kappa shape index (κ2) is 7.80. The van der Waals surface area contributed by atoms with Crippen LogP contribution in [0.15, 0.2) is 36.1 Å². The zero-order chi connectivity index (χ0) is 19.7. The number of carbonyl (C=O) groups excluding carboxylic acids is 1. The predicted octanol–water partition coefficient (Wildman–Crippen LogP) is 4.89. The van der Waals surface area contributed by atoms with E-state index in [4.69, 9.17) is 4.98 Å². The standard InChI is InChI=1S/C22H24N4OS/c1-14-11-23-8-7-18(14)19-12-24-16(3)25-21(19)20-6-4-5-9-26(20)22(27)17-10-15(2)28-13-17/h7-8,10-13,20H,4-6,9H2,1-3H3/t20-/m0/s1. The number of piperidine rings is 1. The Morgan fingerprint density at radius 3 is 2.79 bits per heavy atom. The second-order valence-electron chi connectivity index (χ2n) is 7.36. The van der Waals surface area contributed by atoms with Crippen molar-refractivity contribution in [3.8, 4) is 11.1 Å². The Labute approximate surface area is 169 Å². The van der Waals surface area contributed by atoms with Crippen molar-refractivity contribution in [3.63, 3.8) is 0 Å². The van der Waals surface area contributed by atoms with Gasteiger partial charge in [-0.2, -0.15) is 0 Å². The van der Waals surface area contributed by atoms with Crippen LogP contribution in [0.2, 0.25) is 0 Å². The van der Waals surface area contributed by atoms with Crippen molar-refractivity contribution in [2.75, 3.05) is 6.54 Å². The Balaban J connectivity index is 1.79. The first-order valence-corrected chi connectivity index (χ1v) is 10.5. The van der Waals surface area contributed by atoms with Gasteiger partial charge < -0.3 is 4.90 Å². The molecular formula is C22H24N4OS. The van der Waals surface area contributed by atoms with Crippen LogP contribution >= 0.6 is 11.3 Å². The molecule has 0 saturated carbocycles. The van der Waals surface area contributed by atoms with Crippen LogP contribution in [-0.4, -0.2) is 32.3 Å². The van der Waals surface area contributed by atoms with E-state index in [-0.39, 0.29) is 11.9 Å². The average Bonchev–Trinajstić information content (AvgIpc) is 3.14. The van der Waals surface area contributed by atoms with Crippen LogP contribution in [0.1, 0.15) is 57.6 Å². The number of thiophene rings is 1. The number of nitrogens with zero attached hydrogens (tertiary/aromatic N) is 4. The average molecular weight is 393 g/mol. The maximum absolute atomic E-state index is 13.3. The fourth-order valence-corrected chi connectivity index (χ4v) is 4.58. The summed E-state index contributed by atoms with van der Waals surface area (Å²) in [5, 5.41) is 1.96. The molecule has 0 bridgehead atoms. The van der Waals surface area contributed by atoms with Gasteiger partial charge in [0.1, 0.15) is 5.82 Å². The second-order valence-corrected chi connectivity index (χ2v) is 8.48. The van der Waals surface area contributed by atoms with Crippen molar-refractivity contribution in [3.05, 3.63) is 63.6 Å². The lowest BCUT2D eigenvalue weighted by Crippen LogP contribution is -2.39. The molecule has 4 heterocycles. The minimum absolute atomic E-state index is 0.0364. The van der Waals surface area contributed by atoms with E-state index in [0.29, 0.717) is 0 Å². The highest BCUT2D eigenvalue weighted by molar-refractivity contribution is 7.10. The summed E-state index contributed by atoms with van der Waals surface area (Å²) in [6.45, 7) is 6.75. The van der Waals surface area contributed by atoms with Gasteiger partial charge in [0, 0.05) is 41.0 Å². The van der Waals surface area contributed by atoms with Crippen molar-refractivity contribution < 1.29 is 4.79 Å². The van der Waals surface area contributed by atoms with Crippen LogP contribution in [0.5, 0.6) is 0 Å². The number of pyridine rings is 1. The molecule has 144 valence electrons. The lowest BCUT2D eigenvalue weighted by Gasteiger charge is -2.36. The third kappa shape index (κ3) is 3.56. The Kier molecular flexibility index (Phi) is 5.22. The number of amides is 1. The molecule has 1 saturated heterocycles. The number of aryl methyl sites for hydroxylation is 3. The lowest BCUT2D eigenvalue weighted by molar-refractivity contribution is 0.0607. The van der Waals surface area contributed by atoms with Gasteiger partial charge in [-0.15, -0.1) is 11.3 Å². The minimum atomic E-state index is -0.0364.